The number of aliphatic hydroxyl groups excluding tert-OH is 1. The fourth-order valence-corrected chi connectivity index (χ4v) is 5.10. The van der Waals surface area contributed by atoms with Gasteiger partial charge in [0.2, 0.25) is 0 Å². The van der Waals surface area contributed by atoms with Gasteiger partial charge in [0, 0.05) is 12.7 Å². The van der Waals surface area contributed by atoms with Gasteiger partial charge < -0.3 is 28.8 Å². The van der Waals surface area contributed by atoms with Crippen LogP contribution in [0.4, 0.5) is 0 Å². The molecule has 9 nitrogen and oxygen atoms in total. The van der Waals surface area contributed by atoms with Gasteiger partial charge in [0.25, 0.3) is 11.7 Å². The first-order chi connectivity index (χ1) is 19.2. The predicted octanol–water partition coefficient (Wildman–Crippen LogP) is 4.90. The molecule has 0 spiro atoms. The lowest BCUT2D eigenvalue weighted by Gasteiger charge is -2.26. The molecule has 2 aromatic heterocycles. The Labute approximate surface area is 236 Å². The summed E-state index contributed by atoms with van der Waals surface area (Å²) in [5.74, 6) is -0.490. The molecule has 1 aliphatic heterocycles. The summed E-state index contributed by atoms with van der Waals surface area (Å²) < 4.78 is 13.7. The zero-order valence-electron chi connectivity index (χ0n) is 24.4. The molecule has 1 saturated heterocycles. The second-order valence-corrected chi connectivity index (χ2v) is 10.4. The van der Waals surface area contributed by atoms with Gasteiger partial charge in [0.15, 0.2) is 17.3 Å². The van der Waals surface area contributed by atoms with Crippen molar-refractivity contribution in [3.8, 4) is 11.5 Å². The normalized spacial score (nSPS) is 16.9. The van der Waals surface area contributed by atoms with Crippen LogP contribution in [0.1, 0.15) is 61.7 Å². The number of fused-ring (bicyclic) bond motifs is 1. The first-order valence-electron chi connectivity index (χ1n) is 14.0. The Hall–Kier alpha value is -3.85. The number of ketones is 1. The number of nitrogens with zero attached hydrogens (tertiary/aromatic N) is 4. The lowest BCUT2D eigenvalue weighted by molar-refractivity contribution is -0.139. The Kier molecular flexibility index (Phi) is 9.14. The van der Waals surface area contributed by atoms with Crippen LogP contribution in [0.5, 0.6) is 11.5 Å². The van der Waals surface area contributed by atoms with E-state index in [4.69, 9.17) is 9.47 Å². The summed E-state index contributed by atoms with van der Waals surface area (Å²) in [6.45, 7) is 9.86. The number of likely N-dealkylation sites (tertiary alicyclic amines) is 1. The zero-order valence-corrected chi connectivity index (χ0v) is 24.4. The highest BCUT2D eigenvalue weighted by Gasteiger charge is 2.46. The number of ether oxygens (including phenoxy) is 2. The number of aromatic nitrogens is 2. The summed E-state index contributed by atoms with van der Waals surface area (Å²) in [6.07, 6.45) is 4.45. The highest BCUT2D eigenvalue weighted by molar-refractivity contribution is 6.46. The number of pyridine rings is 1. The van der Waals surface area contributed by atoms with Gasteiger partial charge in [-0.2, -0.15) is 0 Å². The fraction of sp³-hybridized carbons (Fsp3) is 0.452. The topological polar surface area (TPSA) is 96.6 Å². The highest BCUT2D eigenvalue weighted by Crippen LogP contribution is 2.42. The van der Waals surface area contributed by atoms with Crippen LogP contribution in [0.3, 0.4) is 0 Å². The molecule has 1 fully saturated rings. The highest BCUT2D eigenvalue weighted by atomic mass is 16.5. The number of benzene rings is 1. The van der Waals surface area contributed by atoms with Crippen molar-refractivity contribution in [3.05, 3.63) is 64.6 Å². The van der Waals surface area contributed by atoms with Crippen molar-refractivity contribution >= 4 is 23.1 Å². The molecule has 4 rings (SSSR count). The Bertz CT molecular complexity index is 1420. The van der Waals surface area contributed by atoms with Crippen LogP contribution < -0.4 is 9.47 Å². The molecule has 1 atom stereocenters. The molecule has 3 heterocycles. The van der Waals surface area contributed by atoms with Gasteiger partial charge in [0.05, 0.1) is 30.5 Å². The Balaban J connectivity index is 1.86. The second kappa shape index (κ2) is 12.6. The molecule has 0 radical (unpaired) electrons. The number of hydrogen-bond donors (Lipinski definition) is 1. The first kappa shape index (κ1) is 29.1. The molecule has 0 saturated carbocycles. The fourth-order valence-electron chi connectivity index (χ4n) is 5.10. The van der Waals surface area contributed by atoms with Crippen molar-refractivity contribution in [1.82, 2.24) is 19.2 Å². The molecular formula is C31H40N4O5. The third-order valence-corrected chi connectivity index (χ3v) is 7.19. The number of amides is 1. The van der Waals surface area contributed by atoms with E-state index < -0.39 is 17.7 Å². The lowest BCUT2D eigenvalue weighted by Crippen LogP contribution is -2.32. The summed E-state index contributed by atoms with van der Waals surface area (Å²) in [5.41, 5.74) is 3.28. The van der Waals surface area contributed by atoms with E-state index in [2.05, 4.69) is 11.9 Å². The minimum absolute atomic E-state index is 0.0288. The molecule has 0 aliphatic carbocycles. The number of hydrogen-bond acceptors (Lipinski definition) is 7. The molecule has 214 valence electrons. The van der Waals surface area contributed by atoms with Crippen molar-refractivity contribution < 1.29 is 24.2 Å². The van der Waals surface area contributed by atoms with Crippen molar-refractivity contribution in [2.75, 3.05) is 40.4 Å². The van der Waals surface area contributed by atoms with Crippen molar-refractivity contribution in [3.63, 3.8) is 0 Å². The average molecular weight is 549 g/mol. The number of Topliss-reactive ketones (excluding diaryl/α,β-unsaturated/α-hetero) is 1. The van der Waals surface area contributed by atoms with Gasteiger partial charge in [-0.15, -0.1) is 0 Å². The minimum Gasteiger partial charge on any atom is -0.505 e. The van der Waals surface area contributed by atoms with Crippen LogP contribution in [0, 0.1) is 13.8 Å². The van der Waals surface area contributed by atoms with Crippen LogP contribution >= 0.6 is 0 Å². The van der Waals surface area contributed by atoms with Gasteiger partial charge in [0.1, 0.15) is 11.3 Å². The van der Waals surface area contributed by atoms with Crippen molar-refractivity contribution in [2.24, 2.45) is 0 Å². The van der Waals surface area contributed by atoms with E-state index >= 15 is 0 Å². The van der Waals surface area contributed by atoms with Crippen LogP contribution in [0.15, 0.2) is 42.1 Å². The van der Waals surface area contributed by atoms with Gasteiger partial charge in [-0.05, 0) is 83.6 Å². The maximum absolute atomic E-state index is 13.5. The summed E-state index contributed by atoms with van der Waals surface area (Å²) in [7, 11) is 3.93. The van der Waals surface area contributed by atoms with Gasteiger partial charge in [-0.1, -0.05) is 25.5 Å². The Morgan fingerprint density at radius 1 is 1.07 bits per heavy atom. The molecule has 40 heavy (non-hydrogen) atoms. The maximum Gasteiger partial charge on any atom is 0.295 e. The molecule has 1 N–H and O–H groups in total. The first-order valence-corrected chi connectivity index (χ1v) is 14.0. The monoisotopic (exact) mass is 548 g/mol. The van der Waals surface area contributed by atoms with E-state index in [1.165, 1.54) is 0 Å². The summed E-state index contributed by atoms with van der Waals surface area (Å²) in [4.78, 5) is 35.2. The molecule has 1 aromatic carbocycles. The van der Waals surface area contributed by atoms with Crippen LogP contribution in [0.25, 0.3) is 11.4 Å². The second-order valence-electron chi connectivity index (χ2n) is 10.4. The van der Waals surface area contributed by atoms with Crippen LogP contribution in [-0.2, 0) is 9.59 Å². The van der Waals surface area contributed by atoms with E-state index in [9.17, 15) is 14.7 Å². The molecule has 1 unspecified atom stereocenters. The lowest BCUT2D eigenvalue weighted by atomic mass is 9.96. The van der Waals surface area contributed by atoms with E-state index in [0.29, 0.717) is 54.6 Å². The third-order valence-electron chi connectivity index (χ3n) is 7.19. The SMILES string of the molecule is CCCCOc1ccc(C2C(=C(O)c3nc4c(C)cccn4c3C)C(=O)C(=O)N2CCCN(C)C)cc1OCC. The number of aliphatic hydroxyl groups is 1. The van der Waals surface area contributed by atoms with Crippen LogP contribution in [-0.4, -0.2) is 76.4 Å². The maximum atomic E-state index is 13.5. The summed E-state index contributed by atoms with van der Waals surface area (Å²) >= 11 is 0. The molecular weight excluding hydrogens is 508 g/mol. The number of unbranched alkanes of at least 4 members (excludes halogenated alkanes) is 1. The molecule has 9 heteroatoms. The molecule has 1 aliphatic rings. The Morgan fingerprint density at radius 2 is 1.85 bits per heavy atom. The largest absolute Gasteiger partial charge is 0.505 e. The zero-order chi connectivity index (χ0) is 29.0. The van der Waals surface area contributed by atoms with Gasteiger partial charge in [-0.3, -0.25) is 9.59 Å². The van der Waals surface area contributed by atoms with E-state index in [0.717, 1.165) is 24.9 Å². The van der Waals surface area contributed by atoms with Crippen molar-refractivity contribution in [2.45, 2.75) is 53.0 Å². The van der Waals surface area contributed by atoms with E-state index in [1.807, 2.05) is 80.7 Å². The Morgan fingerprint density at radius 3 is 2.52 bits per heavy atom. The smallest absolute Gasteiger partial charge is 0.295 e. The standard InChI is InChI=1S/C31H40N4O5/c1-7-9-18-40-23-14-13-22(19-24(23)39-8-2)27-25(29(37)31(38)35(27)17-11-15-33(5)6)28(36)26-21(4)34-16-10-12-20(3)30(34)32-26/h10,12-14,16,19,27,36H,7-9,11,15,17-18H2,1-6H3. The van der Waals surface area contributed by atoms with Crippen molar-refractivity contribution in [1.29, 1.82) is 0 Å². The summed E-state index contributed by atoms with van der Waals surface area (Å²) in [6, 6.07) is 8.52. The average Bonchev–Trinajstić information content (AvgIpc) is 3.39. The van der Waals surface area contributed by atoms with Gasteiger partial charge in [-0.25, -0.2) is 4.98 Å². The quantitative estimate of drug-likeness (QED) is 0.149. The predicted molar refractivity (Wildman–Crippen MR) is 155 cm³/mol. The molecule has 3 aromatic rings. The number of carbonyl (C=O) groups excluding carboxylic acids is 2. The summed E-state index contributed by atoms with van der Waals surface area (Å²) in [5, 5.41) is 11.7. The number of aryl methyl sites for hydroxylation is 2. The minimum atomic E-state index is -0.795. The van der Waals surface area contributed by atoms with E-state index in [1.54, 1.807) is 4.90 Å². The number of rotatable bonds is 12. The third kappa shape index (κ3) is 5.70. The number of imidazole rings is 1. The molecule has 1 amide bonds. The van der Waals surface area contributed by atoms with Crippen LogP contribution in [0.2, 0.25) is 0 Å². The van der Waals surface area contributed by atoms with Gasteiger partial charge >= 0.3 is 0 Å². The number of carbonyl (C=O) groups is 2. The van der Waals surface area contributed by atoms with E-state index in [-0.39, 0.29) is 17.0 Å². The molecule has 0 bridgehead atoms.